The van der Waals surface area contributed by atoms with Crippen LogP contribution in [0.1, 0.15) is 29.7 Å². The Hall–Kier alpha value is -3.19. The summed E-state index contributed by atoms with van der Waals surface area (Å²) in [6, 6.07) is 14.0. The van der Waals surface area contributed by atoms with E-state index in [1.165, 1.54) is 11.9 Å². The first-order valence-electron chi connectivity index (χ1n) is 10.3. The third-order valence-corrected chi connectivity index (χ3v) is 5.12. The minimum absolute atomic E-state index is 0.172. The molecule has 0 spiro atoms. The van der Waals surface area contributed by atoms with Crippen LogP contribution in [0.25, 0.3) is 0 Å². The van der Waals surface area contributed by atoms with Gasteiger partial charge in [-0.1, -0.05) is 30.3 Å². The predicted octanol–water partition coefficient (Wildman–Crippen LogP) is 4.02. The monoisotopic (exact) mass is 405 g/mol. The molecule has 4 rings (SSSR count). The molecule has 1 aliphatic rings. The lowest BCUT2D eigenvalue weighted by Gasteiger charge is -2.24. The van der Waals surface area contributed by atoms with Crippen LogP contribution in [0, 0.1) is 13.8 Å². The molecule has 3 aromatic rings. The maximum absolute atomic E-state index is 6.09. The Bertz CT molecular complexity index is 975. The summed E-state index contributed by atoms with van der Waals surface area (Å²) in [5, 5.41) is 6.68. The number of aromatic nitrogens is 3. The third kappa shape index (κ3) is 5.04. The Morgan fingerprint density at radius 1 is 1.00 bits per heavy atom. The van der Waals surface area contributed by atoms with Crippen molar-refractivity contribution in [3.63, 3.8) is 0 Å². The Labute approximate surface area is 176 Å². The minimum atomic E-state index is 0.172. The first-order valence-corrected chi connectivity index (χ1v) is 10.3. The van der Waals surface area contributed by atoms with E-state index in [2.05, 4.69) is 37.7 Å². The number of anilines is 1. The van der Waals surface area contributed by atoms with Crippen molar-refractivity contribution in [1.82, 2.24) is 20.3 Å². The number of hydrogen-bond acceptors (Lipinski definition) is 7. The number of benzene rings is 1. The lowest BCUT2D eigenvalue weighted by atomic mass is 10.1. The standard InChI is InChI=1S/C23H27N5O2/c1-16-22(29-19-10-12-24-13-11-19)26-15-27-23(16)30-20-8-9-21(28-17(20)2)25-14-18-6-4-3-5-7-18/h3-9,15,19,24H,10-14H2,1-2H3,(H,25,28). The van der Waals surface area contributed by atoms with E-state index in [0.29, 0.717) is 17.5 Å². The molecule has 0 atom stereocenters. The molecule has 1 aromatic carbocycles. The molecule has 3 heterocycles. The summed E-state index contributed by atoms with van der Waals surface area (Å²) in [5.74, 6) is 2.54. The molecule has 0 bridgehead atoms. The summed E-state index contributed by atoms with van der Waals surface area (Å²) in [6.45, 7) is 6.49. The van der Waals surface area contributed by atoms with Crippen LogP contribution >= 0.6 is 0 Å². The Kier molecular flexibility index (Phi) is 6.39. The second kappa shape index (κ2) is 9.54. The van der Waals surface area contributed by atoms with Crippen molar-refractivity contribution >= 4 is 5.82 Å². The number of ether oxygens (including phenoxy) is 2. The topological polar surface area (TPSA) is 81.2 Å². The number of piperidine rings is 1. The molecule has 0 unspecified atom stereocenters. The quantitative estimate of drug-likeness (QED) is 0.614. The van der Waals surface area contributed by atoms with Gasteiger partial charge in [-0.25, -0.2) is 15.0 Å². The molecule has 2 aromatic heterocycles. The lowest BCUT2D eigenvalue weighted by Crippen LogP contribution is -2.34. The van der Waals surface area contributed by atoms with Crippen LogP contribution in [-0.2, 0) is 6.54 Å². The van der Waals surface area contributed by atoms with Crippen molar-refractivity contribution < 1.29 is 9.47 Å². The van der Waals surface area contributed by atoms with Gasteiger partial charge in [0, 0.05) is 6.54 Å². The lowest BCUT2D eigenvalue weighted by molar-refractivity contribution is 0.154. The van der Waals surface area contributed by atoms with Gasteiger partial charge >= 0.3 is 0 Å². The van der Waals surface area contributed by atoms with Crippen molar-refractivity contribution in [1.29, 1.82) is 0 Å². The van der Waals surface area contributed by atoms with Crippen LogP contribution in [0.2, 0.25) is 0 Å². The van der Waals surface area contributed by atoms with E-state index in [1.807, 2.05) is 44.2 Å². The third-order valence-electron chi connectivity index (χ3n) is 5.12. The first-order chi connectivity index (χ1) is 14.7. The average molecular weight is 406 g/mol. The van der Waals surface area contributed by atoms with Gasteiger partial charge in [0.15, 0.2) is 5.75 Å². The van der Waals surface area contributed by atoms with Gasteiger partial charge in [0.25, 0.3) is 0 Å². The van der Waals surface area contributed by atoms with E-state index in [1.54, 1.807) is 0 Å². The molecule has 2 N–H and O–H groups in total. The Morgan fingerprint density at radius 3 is 2.53 bits per heavy atom. The van der Waals surface area contributed by atoms with Gasteiger partial charge in [0.05, 0.1) is 11.3 Å². The summed E-state index contributed by atoms with van der Waals surface area (Å²) in [5.41, 5.74) is 2.78. The molecule has 0 saturated carbocycles. The maximum atomic E-state index is 6.09. The number of rotatable bonds is 7. The van der Waals surface area contributed by atoms with Gasteiger partial charge < -0.3 is 20.1 Å². The van der Waals surface area contributed by atoms with E-state index in [9.17, 15) is 0 Å². The highest BCUT2D eigenvalue weighted by molar-refractivity contribution is 5.44. The van der Waals surface area contributed by atoms with E-state index >= 15 is 0 Å². The van der Waals surface area contributed by atoms with E-state index in [-0.39, 0.29) is 6.10 Å². The van der Waals surface area contributed by atoms with E-state index < -0.39 is 0 Å². The van der Waals surface area contributed by atoms with Crippen LogP contribution in [-0.4, -0.2) is 34.1 Å². The van der Waals surface area contributed by atoms with Crippen molar-refractivity contribution in [2.75, 3.05) is 18.4 Å². The number of aryl methyl sites for hydroxylation is 1. The van der Waals surface area contributed by atoms with Crippen LogP contribution in [0.3, 0.4) is 0 Å². The molecule has 7 nitrogen and oxygen atoms in total. The van der Waals surface area contributed by atoms with Gasteiger partial charge in [0.2, 0.25) is 11.8 Å². The molecule has 1 fully saturated rings. The smallest absolute Gasteiger partial charge is 0.229 e. The maximum Gasteiger partial charge on any atom is 0.229 e. The fraction of sp³-hybridized carbons (Fsp3) is 0.348. The molecule has 0 amide bonds. The Balaban J connectivity index is 1.43. The van der Waals surface area contributed by atoms with Crippen molar-refractivity contribution in [3.8, 4) is 17.5 Å². The molecule has 156 valence electrons. The van der Waals surface area contributed by atoms with Gasteiger partial charge in [-0.05, 0) is 57.5 Å². The highest BCUT2D eigenvalue weighted by Crippen LogP contribution is 2.30. The molecular formula is C23H27N5O2. The first kappa shape index (κ1) is 20.1. The van der Waals surface area contributed by atoms with Gasteiger partial charge in [-0.2, -0.15) is 0 Å². The molecule has 7 heteroatoms. The summed E-state index contributed by atoms with van der Waals surface area (Å²) >= 11 is 0. The van der Waals surface area contributed by atoms with E-state index in [0.717, 1.165) is 49.6 Å². The zero-order valence-corrected chi connectivity index (χ0v) is 17.4. The van der Waals surface area contributed by atoms with Gasteiger partial charge in [-0.15, -0.1) is 0 Å². The normalized spacial score (nSPS) is 14.3. The summed E-state index contributed by atoms with van der Waals surface area (Å²) in [7, 11) is 0. The fourth-order valence-corrected chi connectivity index (χ4v) is 3.36. The summed E-state index contributed by atoms with van der Waals surface area (Å²) in [6.07, 6.45) is 3.60. The van der Waals surface area contributed by atoms with E-state index in [4.69, 9.17) is 9.47 Å². The largest absolute Gasteiger partial charge is 0.474 e. The second-order valence-electron chi connectivity index (χ2n) is 7.40. The minimum Gasteiger partial charge on any atom is -0.474 e. The molecule has 1 aliphatic heterocycles. The average Bonchev–Trinajstić information content (AvgIpc) is 2.78. The molecule has 30 heavy (non-hydrogen) atoms. The predicted molar refractivity (Wildman–Crippen MR) is 116 cm³/mol. The zero-order chi connectivity index (χ0) is 20.8. The van der Waals surface area contributed by atoms with Gasteiger partial charge in [0.1, 0.15) is 18.2 Å². The zero-order valence-electron chi connectivity index (χ0n) is 17.4. The van der Waals surface area contributed by atoms with Crippen molar-refractivity contribution in [2.45, 2.75) is 39.3 Å². The van der Waals surface area contributed by atoms with Crippen LogP contribution in [0.5, 0.6) is 17.5 Å². The molecular weight excluding hydrogens is 378 g/mol. The number of hydrogen-bond donors (Lipinski definition) is 2. The SMILES string of the molecule is Cc1nc(NCc2ccccc2)ccc1Oc1ncnc(OC2CCNCC2)c1C. The molecule has 0 aliphatic carbocycles. The summed E-state index contributed by atoms with van der Waals surface area (Å²) < 4.78 is 12.1. The van der Waals surface area contributed by atoms with Crippen LogP contribution in [0.4, 0.5) is 5.82 Å². The molecule has 1 saturated heterocycles. The summed E-state index contributed by atoms with van der Waals surface area (Å²) in [4.78, 5) is 13.2. The highest BCUT2D eigenvalue weighted by atomic mass is 16.5. The Morgan fingerprint density at radius 2 is 1.77 bits per heavy atom. The van der Waals surface area contributed by atoms with Crippen LogP contribution < -0.4 is 20.1 Å². The molecule has 0 radical (unpaired) electrons. The second-order valence-corrected chi connectivity index (χ2v) is 7.40. The van der Waals surface area contributed by atoms with Crippen LogP contribution in [0.15, 0.2) is 48.8 Å². The van der Waals surface area contributed by atoms with Gasteiger partial charge in [-0.3, -0.25) is 0 Å². The number of nitrogens with zero attached hydrogens (tertiary/aromatic N) is 3. The highest BCUT2D eigenvalue weighted by Gasteiger charge is 2.18. The van der Waals surface area contributed by atoms with Crippen molar-refractivity contribution in [3.05, 3.63) is 65.6 Å². The fourth-order valence-electron chi connectivity index (χ4n) is 3.36. The number of pyridine rings is 1. The number of nitrogens with one attached hydrogen (secondary N) is 2. The van der Waals surface area contributed by atoms with Crippen molar-refractivity contribution in [2.24, 2.45) is 0 Å².